The van der Waals surface area contributed by atoms with E-state index in [0.717, 1.165) is 0 Å². The Morgan fingerprint density at radius 2 is 1.89 bits per heavy atom. The van der Waals surface area contributed by atoms with Gasteiger partial charge in [-0.15, -0.1) is 0 Å². The molecule has 104 valence electrons. The number of Topliss-reactive ketones (excluding diaryl/α,β-unsaturated/α-hetero) is 1. The Balaban J connectivity index is 2.12. The summed E-state index contributed by atoms with van der Waals surface area (Å²) in [5, 5.41) is 0. The molecule has 0 radical (unpaired) electrons. The first-order valence-corrected chi connectivity index (χ1v) is 8.47. The second kappa shape index (κ2) is 7.10. The van der Waals surface area contributed by atoms with Gasteiger partial charge in [-0.05, 0) is 0 Å². The molecule has 1 amide bonds. The van der Waals surface area contributed by atoms with Gasteiger partial charge in [0, 0.05) is 43.9 Å². The Morgan fingerprint density at radius 3 is 2.44 bits per heavy atom. The summed E-state index contributed by atoms with van der Waals surface area (Å²) in [6.07, 6.45) is 1.20. The Morgan fingerprint density at radius 1 is 1.28 bits per heavy atom. The molecule has 1 aliphatic heterocycles. The number of piperidine rings is 1. The Hall–Kier alpha value is -0.600. The zero-order valence-corrected chi connectivity index (χ0v) is 11.6. The lowest BCUT2D eigenvalue weighted by molar-refractivity contribution is -0.134. The van der Waals surface area contributed by atoms with Crippen molar-refractivity contribution in [3.8, 4) is 0 Å². The van der Waals surface area contributed by atoms with Crippen LogP contribution in [0, 0.1) is 0 Å². The quantitative estimate of drug-likeness (QED) is 0.555. The molecule has 1 heterocycles. The molecule has 0 saturated carbocycles. The maximum atomic E-state index is 11.7. The molecule has 6 nitrogen and oxygen atoms in total. The normalized spacial score (nSPS) is 16.9. The number of hydrogen-bond acceptors (Lipinski definition) is 5. The number of likely N-dealkylation sites (tertiary alicyclic amines) is 1. The fourth-order valence-corrected chi connectivity index (χ4v) is 3.43. The second-order valence-corrected chi connectivity index (χ2v) is 6.86. The fraction of sp³-hybridized carbons (Fsp3) is 0.800. The smallest absolute Gasteiger partial charge is 0.265 e. The molecule has 1 aliphatic rings. The third-order valence-electron chi connectivity index (χ3n) is 2.62. The van der Waals surface area contributed by atoms with E-state index in [0.29, 0.717) is 38.1 Å². The molecule has 1 fully saturated rings. The van der Waals surface area contributed by atoms with Crippen molar-refractivity contribution >= 4 is 33.6 Å². The van der Waals surface area contributed by atoms with E-state index < -0.39 is 10.1 Å². The van der Waals surface area contributed by atoms with Crippen molar-refractivity contribution in [2.45, 2.75) is 19.3 Å². The lowest BCUT2D eigenvalue weighted by Gasteiger charge is -2.25. The summed E-state index contributed by atoms with van der Waals surface area (Å²) in [7, 11) is -3.91. The first kappa shape index (κ1) is 15.5. The molecule has 0 aromatic heterocycles. The van der Waals surface area contributed by atoms with E-state index in [1.807, 2.05) is 0 Å². The highest BCUT2D eigenvalue weighted by molar-refractivity contribution is 8.00. The Kier molecular flexibility index (Phi) is 6.10. The highest BCUT2D eigenvalue weighted by Gasteiger charge is 2.20. The van der Waals surface area contributed by atoms with Crippen molar-refractivity contribution in [1.82, 2.24) is 4.90 Å². The van der Waals surface area contributed by atoms with E-state index in [1.165, 1.54) is 11.8 Å². The first-order chi connectivity index (χ1) is 8.38. The molecule has 0 spiro atoms. The number of nitrogens with zero attached hydrogens (tertiary/aromatic N) is 1. The van der Waals surface area contributed by atoms with Gasteiger partial charge in [0.2, 0.25) is 5.91 Å². The van der Waals surface area contributed by atoms with Crippen molar-refractivity contribution in [2.75, 3.05) is 30.3 Å². The standard InChI is InChI=1S/C10H17NO5S2/c12-9-1-4-11(5-2-9)10(13)3-6-17-7-8-18(14,15)16/h1-8H2,(H,14,15,16). The van der Waals surface area contributed by atoms with Gasteiger partial charge in [0.05, 0.1) is 5.75 Å². The van der Waals surface area contributed by atoms with Crippen LogP contribution in [0.25, 0.3) is 0 Å². The monoisotopic (exact) mass is 295 g/mol. The molecule has 0 aliphatic carbocycles. The summed E-state index contributed by atoms with van der Waals surface area (Å²) in [5.74, 6) is 0.719. The summed E-state index contributed by atoms with van der Waals surface area (Å²) < 4.78 is 29.4. The maximum Gasteiger partial charge on any atom is 0.265 e. The van der Waals surface area contributed by atoms with Crippen molar-refractivity contribution in [2.24, 2.45) is 0 Å². The number of hydrogen-bond donors (Lipinski definition) is 1. The third kappa shape index (κ3) is 6.36. The number of rotatable bonds is 6. The molecule has 8 heteroatoms. The van der Waals surface area contributed by atoms with Crippen LogP contribution < -0.4 is 0 Å². The summed E-state index contributed by atoms with van der Waals surface area (Å²) in [6, 6.07) is 0. The molecular weight excluding hydrogens is 278 g/mol. The van der Waals surface area contributed by atoms with Crippen LogP contribution in [0.2, 0.25) is 0 Å². The zero-order chi connectivity index (χ0) is 13.6. The van der Waals surface area contributed by atoms with Crippen LogP contribution in [0.15, 0.2) is 0 Å². The number of ketones is 1. The minimum atomic E-state index is -3.91. The number of thioether (sulfide) groups is 1. The molecule has 1 rings (SSSR count). The average Bonchev–Trinajstić information content (AvgIpc) is 2.27. The molecule has 1 saturated heterocycles. The van der Waals surface area contributed by atoms with E-state index in [2.05, 4.69) is 0 Å². The van der Waals surface area contributed by atoms with Gasteiger partial charge >= 0.3 is 0 Å². The lowest BCUT2D eigenvalue weighted by Crippen LogP contribution is -2.38. The Bertz CT molecular complexity index is 396. The predicted molar refractivity (Wildman–Crippen MR) is 69.2 cm³/mol. The van der Waals surface area contributed by atoms with Crippen molar-refractivity contribution in [3.05, 3.63) is 0 Å². The van der Waals surface area contributed by atoms with Gasteiger partial charge in [-0.1, -0.05) is 0 Å². The van der Waals surface area contributed by atoms with Crippen molar-refractivity contribution in [1.29, 1.82) is 0 Å². The van der Waals surface area contributed by atoms with Crippen molar-refractivity contribution < 1.29 is 22.6 Å². The number of amides is 1. The minimum absolute atomic E-state index is 0.00172. The molecule has 0 aromatic rings. The average molecular weight is 295 g/mol. The summed E-state index contributed by atoms with van der Waals surface area (Å²) in [5.41, 5.74) is 0. The van der Waals surface area contributed by atoms with Gasteiger partial charge < -0.3 is 4.90 Å². The summed E-state index contributed by atoms with van der Waals surface area (Å²) in [6.45, 7) is 0.987. The van der Waals surface area contributed by atoms with E-state index >= 15 is 0 Å². The number of carbonyl (C=O) groups is 2. The Labute approximate surface area is 111 Å². The minimum Gasteiger partial charge on any atom is -0.342 e. The fourth-order valence-electron chi connectivity index (χ4n) is 1.59. The molecule has 0 aromatic carbocycles. The van der Waals surface area contributed by atoms with Crippen LogP contribution in [-0.4, -0.2) is 59.9 Å². The van der Waals surface area contributed by atoms with Gasteiger partial charge in [-0.25, -0.2) is 0 Å². The molecular formula is C10H17NO5S2. The van der Waals surface area contributed by atoms with Crippen LogP contribution in [0.5, 0.6) is 0 Å². The van der Waals surface area contributed by atoms with Crippen molar-refractivity contribution in [3.63, 3.8) is 0 Å². The SMILES string of the molecule is O=C1CCN(C(=O)CCSCCS(=O)(=O)O)CC1. The first-order valence-electron chi connectivity index (χ1n) is 5.71. The molecule has 0 unspecified atom stereocenters. The van der Waals surface area contributed by atoms with Crippen LogP contribution in [0.1, 0.15) is 19.3 Å². The topological polar surface area (TPSA) is 91.8 Å². The van der Waals surface area contributed by atoms with Gasteiger partial charge in [-0.3, -0.25) is 14.1 Å². The summed E-state index contributed by atoms with van der Waals surface area (Å²) in [4.78, 5) is 24.4. The van der Waals surface area contributed by atoms with E-state index in [9.17, 15) is 18.0 Å². The maximum absolute atomic E-state index is 11.7. The van der Waals surface area contributed by atoms with E-state index in [-0.39, 0.29) is 23.2 Å². The second-order valence-electron chi connectivity index (χ2n) is 4.07. The van der Waals surface area contributed by atoms with Gasteiger partial charge in [0.1, 0.15) is 5.78 Å². The van der Waals surface area contributed by atoms with E-state index in [4.69, 9.17) is 4.55 Å². The van der Waals surface area contributed by atoms with Crippen LogP contribution >= 0.6 is 11.8 Å². The highest BCUT2D eigenvalue weighted by Crippen LogP contribution is 2.10. The van der Waals surface area contributed by atoms with Gasteiger partial charge in [-0.2, -0.15) is 20.2 Å². The predicted octanol–water partition coefficient (Wildman–Crippen LogP) is 0.189. The number of carbonyl (C=O) groups excluding carboxylic acids is 2. The lowest BCUT2D eigenvalue weighted by atomic mass is 10.1. The molecule has 1 N–H and O–H groups in total. The molecule has 18 heavy (non-hydrogen) atoms. The molecule has 0 bridgehead atoms. The van der Waals surface area contributed by atoms with E-state index in [1.54, 1.807) is 4.90 Å². The summed E-state index contributed by atoms with van der Waals surface area (Å²) >= 11 is 1.32. The van der Waals surface area contributed by atoms with Crippen LogP contribution in [0.4, 0.5) is 0 Å². The zero-order valence-electron chi connectivity index (χ0n) is 10.0. The molecule has 0 atom stereocenters. The van der Waals surface area contributed by atoms with Gasteiger partial charge in [0.25, 0.3) is 10.1 Å². The highest BCUT2D eigenvalue weighted by atomic mass is 32.2. The third-order valence-corrected chi connectivity index (χ3v) is 4.58. The van der Waals surface area contributed by atoms with Crippen LogP contribution in [-0.2, 0) is 19.7 Å². The largest absolute Gasteiger partial charge is 0.342 e. The van der Waals surface area contributed by atoms with Gasteiger partial charge in [0.15, 0.2) is 0 Å². The van der Waals surface area contributed by atoms with Crippen LogP contribution in [0.3, 0.4) is 0 Å².